The third-order valence-electron chi connectivity index (χ3n) is 3.87. The molecule has 2 rings (SSSR count). The number of imide groups is 2. The van der Waals surface area contributed by atoms with E-state index in [1.807, 2.05) is 0 Å². The maximum Gasteiger partial charge on any atom is 0.334 e. The van der Waals surface area contributed by atoms with Crippen LogP contribution in [0.1, 0.15) is 32.1 Å². The van der Waals surface area contributed by atoms with Gasteiger partial charge in [0.2, 0.25) is 5.91 Å². The van der Waals surface area contributed by atoms with E-state index in [9.17, 15) is 19.2 Å². The molecule has 0 saturated carbocycles. The van der Waals surface area contributed by atoms with Crippen LogP contribution in [0.5, 0.6) is 0 Å². The highest BCUT2D eigenvalue weighted by Crippen LogP contribution is 2.21. The van der Waals surface area contributed by atoms with Crippen molar-refractivity contribution < 1.29 is 19.2 Å². The Bertz CT molecular complexity index is 603. The van der Waals surface area contributed by atoms with Crippen molar-refractivity contribution in [3.05, 3.63) is 11.6 Å². The van der Waals surface area contributed by atoms with Gasteiger partial charge >= 0.3 is 17.8 Å². The smallest absolute Gasteiger partial charge is 0.334 e. The average molecular weight is 317 g/mol. The number of allylic oxidation sites excluding steroid dienone is 1. The molecule has 0 spiro atoms. The van der Waals surface area contributed by atoms with Crippen molar-refractivity contribution in [2.45, 2.75) is 32.1 Å². The van der Waals surface area contributed by atoms with Gasteiger partial charge in [-0.05, 0) is 32.1 Å². The van der Waals surface area contributed by atoms with Crippen LogP contribution in [-0.2, 0) is 14.4 Å². The zero-order valence-corrected chi connectivity index (χ0v) is 12.8. The SMILES string of the molecule is C#CCNC(=O)CN1C(=O)C(=O)N(CCC2=CCCCC2)C1=O. The van der Waals surface area contributed by atoms with Crippen molar-refractivity contribution in [3.8, 4) is 12.3 Å². The number of terminal acetylenes is 1. The molecule has 0 aromatic rings. The summed E-state index contributed by atoms with van der Waals surface area (Å²) in [5, 5.41) is 2.35. The largest absolute Gasteiger partial charge is 0.344 e. The summed E-state index contributed by atoms with van der Waals surface area (Å²) in [6.45, 7) is -0.330. The Balaban J connectivity index is 1.94. The lowest BCUT2D eigenvalue weighted by Gasteiger charge is -2.17. The number of carbonyl (C=O) groups excluding carboxylic acids is 4. The molecule has 0 atom stereocenters. The number of nitrogens with one attached hydrogen (secondary N) is 1. The number of urea groups is 1. The Morgan fingerprint density at radius 3 is 2.61 bits per heavy atom. The fourth-order valence-corrected chi connectivity index (χ4v) is 2.62. The van der Waals surface area contributed by atoms with Crippen LogP contribution in [0, 0.1) is 12.3 Å². The Morgan fingerprint density at radius 1 is 1.22 bits per heavy atom. The first-order chi connectivity index (χ1) is 11.0. The van der Waals surface area contributed by atoms with Crippen LogP contribution >= 0.6 is 0 Å². The van der Waals surface area contributed by atoms with E-state index < -0.39 is 30.3 Å². The molecule has 1 heterocycles. The quantitative estimate of drug-likeness (QED) is 0.333. The Labute approximate surface area is 134 Å². The molecule has 0 aromatic heterocycles. The van der Waals surface area contributed by atoms with Crippen molar-refractivity contribution >= 4 is 23.8 Å². The lowest BCUT2D eigenvalue weighted by atomic mass is 9.97. The molecule has 5 amide bonds. The second-order valence-electron chi connectivity index (χ2n) is 5.47. The third kappa shape index (κ3) is 3.97. The van der Waals surface area contributed by atoms with Gasteiger partial charge in [-0.3, -0.25) is 19.3 Å². The summed E-state index contributed by atoms with van der Waals surface area (Å²) < 4.78 is 0. The van der Waals surface area contributed by atoms with Gasteiger partial charge in [-0.15, -0.1) is 6.42 Å². The van der Waals surface area contributed by atoms with Crippen molar-refractivity contribution in [2.75, 3.05) is 19.6 Å². The maximum absolute atomic E-state index is 12.2. The second kappa shape index (κ2) is 7.58. The summed E-state index contributed by atoms with van der Waals surface area (Å²) in [5.41, 5.74) is 1.20. The predicted molar refractivity (Wildman–Crippen MR) is 81.8 cm³/mol. The number of hydrogen-bond donors (Lipinski definition) is 1. The van der Waals surface area contributed by atoms with Crippen LogP contribution in [0.25, 0.3) is 0 Å². The van der Waals surface area contributed by atoms with Gasteiger partial charge in [0.25, 0.3) is 0 Å². The lowest BCUT2D eigenvalue weighted by molar-refractivity contribution is -0.144. The first-order valence-corrected chi connectivity index (χ1v) is 7.60. The summed E-state index contributed by atoms with van der Waals surface area (Å²) in [4.78, 5) is 49.1. The van der Waals surface area contributed by atoms with E-state index in [-0.39, 0.29) is 13.1 Å². The number of hydrogen-bond acceptors (Lipinski definition) is 4. The highest BCUT2D eigenvalue weighted by molar-refractivity contribution is 6.45. The second-order valence-corrected chi connectivity index (χ2v) is 5.47. The third-order valence-corrected chi connectivity index (χ3v) is 3.87. The molecule has 2 aliphatic rings. The minimum atomic E-state index is -0.969. The van der Waals surface area contributed by atoms with Crippen molar-refractivity contribution in [1.29, 1.82) is 0 Å². The van der Waals surface area contributed by atoms with E-state index in [4.69, 9.17) is 6.42 Å². The molecule has 0 bridgehead atoms. The van der Waals surface area contributed by atoms with Crippen LogP contribution in [0.2, 0.25) is 0 Å². The zero-order valence-electron chi connectivity index (χ0n) is 12.8. The molecule has 7 heteroatoms. The van der Waals surface area contributed by atoms with Gasteiger partial charge < -0.3 is 5.32 Å². The lowest BCUT2D eigenvalue weighted by Crippen LogP contribution is -2.41. The summed E-state index contributed by atoms with van der Waals surface area (Å²) in [6.07, 6.45) is 11.9. The molecule has 1 N–H and O–H groups in total. The molecule has 0 radical (unpaired) electrons. The molecular formula is C16H19N3O4. The zero-order chi connectivity index (χ0) is 16.8. The Morgan fingerprint density at radius 2 is 1.96 bits per heavy atom. The minimum absolute atomic E-state index is 0.000863. The highest BCUT2D eigenvalue weighted by atomic mass is 16.2. The Hall–Kier alpha value is -2.62. The number of carbonyl (C=O) groups is 4. The van der Waals surface area contributed by atoms with Gasteiger partial charge in [0, 0.05) is 6.54 Å². The molecule has 7 nitrogen and oxygen atoms in total. The van der Waals surface area contributed by atoms with E-state index >= 15 is 0 Å². The monoisotopic (exact) mass is 317 g/mol. The Kier molecular flexibility index (Phi) is 5.52. The van der Waals surface area contributed by atoms with Gasteiger partial charge in [-0.1, -0.05) is 17.6 Å². The first kappa shape index (κ1) is 16.7. The summed E-state index contributed by atoms with van der Waals surface area (Å²) in [7, 11) is 0. The summed E-state index contributed by atoms with van der Waals surface area (Å²) in [5.74, 6) is -0.206. The van der Waals surface area contributed by atoms with Crippen molar-refractivity contribution in [1.82, 2.24) is 15.1 Å². The van der Waals surface area contributed by atoms with Crippen molar-refractivity contribution in [3.63, 3.8) is 0 Å². The van der Waals surface area contributed by atoms with Gasteiger partial charge in [0.15, 0.2) is 0 Å². The number of amides is 5. The molecule has 0 aromatic carbocycles. The van der Waals surface area contributed by atoms with Crippen LogP contribution in [0.4, 0.5) is 4.79 Å². The maximum atomic E-state index is 12.2. The van der Waals surface area contributed by atoms with Gasteiger partial charge in [-0.2, -0.15) is 0 Å². The summed E-state index contributed by atoms with van der Waals surface area (Å²) in [6, 6.07) is -0.743. The van der Waals surface area contributed by atoms with E-state index in [0.717, 1.165) is 30.6 Å². The molecule has 1 aliphatic heterocycles. The van der Waals surface area contributed by atoms with E-state index in [0.29, 0.717) is 11.3 Å². The summed E-state index contributed by atoms with van der Waals surface area (Å²) >= 11 is 0. The van der Waals surface area contributed by atoms with E-state index in [1.54, 1.807) is 0 Å². The molecular weight excluding hydrogens is 298 g/mol. The predicted octanol–water partition coefficient (Wildman–Crippen LogP) is 0.417. The first-order valence-electron chi connectivity index (χ1n) is 7.60. The normalized spacial score (nSPS) is 18.0. The molecule has 0 unspecified atom stereocenters. The molecule has 1 saturated heterocycles. The van der Waals surface area contributed by atoms with Crippen LogP contribution in [0.3, 0.4) is 0 Å². The molecule has 1 fully saturated rings. The fourth-order valence-electron chi connectivity index (χ4n) is 2.62. The number of nitrogens with zero attached hydrogens (tertiary/aromatic N) is 2. The molecule has 23 heavy (non-hydrogen) atoms. The van der Waals surface area contributed by atoms with E-state index in [1.165, 1.54) is 5.57 Å². The molecule has 1 aliphatic carbocycles. The van der Waals surface area contributed by atoms with Crippen LogP contribution < -0.4 is 5.32 Å². The average Bonchev–Trinajstić information content (AvgIpc) is 2.76. The minimum Gasteiger partial charge on any atom is -0.344 e. The van der Waals surface area contributed by atoms with Gasteiger partial charge in [0.1, 0.15) is 6.54 Å². The van der Waals surface area contributed by atoms with Gasteiger partial charge in [-0.25, -0.2) is 9.69 Å². The number of rotatable bonds is 6. The van der Waals surface area contributed by atoms with Crippen molar-refractivity contribution in [2.24, 2.45) is 0 Å². The van der Waals surface area contributed by atoms with E-state index in [2.05, 4.69) is 17.3 Å². The standard InChI is InChI=1S/C16H19N3O4/c1-2-9-17-13(20)11-19-15(22)14(21)18(16(19)23)10-8-12-6-4-3-5-7-12/h1,6H,3-5,7-11H2,(H,17,20). The van der Waals surface area contributed by atoms with Gasteiger partial charge in [0.05, 0.1) is 6.54 Å². The van der Waals surface area contributed by atoms with Crippen LogP contribution in [0.15, 0.2) is 11.6 Å². The fraction of sp³-hybridized carbons (Fsp3) is 0.500. The molecule has 122 valence electrons. The topological polar surface area (TPSA) is 86.8 Å². The van der Waals surface area contributed by atoms with Crippen LogP contribution in [-0.4, -0.2) is 53.2 Å². The highest BCUT2D eigenvalue weighted by Gasteiger charge is 2.44.